The fourth-order valence-corrected chi connectivity index (χ4v) is 2.83. The zero-order valence-corrected chi connectivity index (χ0v) is 13.2. The lowest BCUT2D eigenvalue weighted by molar-refractivity contribution is -0.137. The molecule has 0 spiro atoms. The van der Waals surface area contributed by atoms with Gasteiger partial charge in [0.2, 0.25) is 17.5 Å². The van der Waals surface area contributed by atoms with Crippen LogP contribution in [0.25, 0.3) is 11.1 Å². The number of fused-ring (bicyclic) bond motifs is 3. The minimum absolute atomic E-state index is 0.0685. The van der Waals surface area contributed by atoms with E-state index in [0.29, 0.717) is 22.4 Å². The van der Waals surface area contributed by atoms with Gasteiger partial charge in [-0.3, -0.25) is 19.2 Å². The van der Waals surface area contributed by atoms with Crippen molar-refractivity contribution in [2.45, 2.75) is 19.3 Å². The van der Waals surface area contributed by atoms with Gasteiger partial charge in [-0.25, -0.2) is 0 Å². The molecule has 1 amide bonds. The van der Waals surface area contributed by atoms with E-state index in [1.807, 2.05) is 0 Å². The predicted molar refractivity (Wildman–Crippen MR) is 90.7 cm³/mol. The number of ketones is 2. The second kappa shape index (κ2) is 6.68. The summed E-state index contributed by atoms with van der Waals surface area (Å²) in [5.41, 5.74) is 2.39. The van der Waals surface area contributed by atoms with E-state index in [1.165, 1.54) is 6.07 Å². The molecule has 2 aromatic rings. The topological polar surface area (TPSA) is 101 Å². The van der Waals surface area contributed by atoms with Crippen LogP contribution >= 0.6 is 0 Å². The van der Waals surface area contributed by atoms with E-state index in [1.54, 1.807) is 36.4 Å². The zero-order valence-electron chi connectivity index (χ0n) is 13.2. The molecule has 1 aliphatic carbocycles. The average molecular weight is 337 g/mol. The van der Waals surface area contributed by atoms with Crippen molar-refractivity contribution < 1.29 is 24.3 Å². The second-order valence-electron chi connectivity index (χ2n) is 5.76. The molecule has 0 saturated carbocycles. The quantitative estimate of drug-likeness (QED) is 0.817. The number of carbonyl (C=O) groups is 4. The van der Waals surface area contributed by atoms with Gasteiger partial charge in [0.05, 0.1) is 0 Å². The zero-order chi connectivity index (χ0) is 18.0. The van der Waals surface area contributed by atoms with Gasteiger partial charge in [-0.1, -0.05) is 30.3 Å². The third-order valence-electron chi connectivity index (χ3n) is 4.01. The number of amides is 1. The highest BCUT2D eigenvalue weighted by Crippen LogP contribution is 2.34. The van der Waals surface area contributed by atoms with Crippen LogP contribution in [0, 0.1) is 0 Å². The Balaban J connectivity index is 1.83. The largest absolute Gasteiger partial charge is 0.481 e. The van der Waals surface area contributed by atoms with Gasteiger partial charge in [0.1, 0.15) is 0 Å². The van der Waals surface area contributed by atoms with Crippen molar-refractivity contribution in [3.63, 3.8) is 0 Å². The lowest BCUT2D eigenvalue weighted by atomic mass is 9.84. The Morgan fingerprint density at radius 3 is 2.20 bits per heavy atom. The van der Waals surface area contributed by atoms with Gasteiger partial charge in [0.25, 0.3) is 0 Å². The fraction of sp³-hybridized carbons (Fsp3) is 0.158. The molecule has 3 rings (SSSR count). The Labute approximate surface area is 143 Å². The minimum Gasteiger partial charge on any atom is -0.481 e. The average Bonchev–Trinajstić information content (AvgIpc) is 2.59. The van der Waals surface area contributed by atoms with Crippen LogP contribution in [0.15, 0.2) is 42.5 Å². The van der Waals surface area contributed by atoms with E-state index >= 15 is 0 Å². The number of hydrogen-bond acceptors (Lipinski definition) is 4. The molecule has 0 atom stereocenters. The standard InChI is InChI=1S/C19H15NO5/c21-16(6-3-7-17(22)23)20-11-8-9-13-12-4-1-2-5-14(12)18(24)19(25)15(13)10-11/h1-2,4-5,8-10H,3,6-7H2,(H,20,21)(H,22,23). The van der Waals surface area contributed by atoms with Crippen molar-refractivity contribution >= 4 is 29.1 Å². The Morgan fingerprint density at radius 2 is 1.48 bits per heavy atom. The highest BCUT2D eigenvalue weighted by Gasteiger charge is 2.30. The van der Waals surface area contributed by atoms with Crippen molar-refractivity contribution in [3.05, 3.63) is 53.6 Å². The Morgan fingerprint density at radius 1 is 0.840 bits per heavy atom. The van der Waals surface area contributed by atoms with Crippen LogP contribution in [0.4, 0.5) is 5.69 Å². The van der Waals surface area contributed by atoms with Crippen LogP contribution in [-0.2, 0) is 9.59 Å². The molecule has 0 saturated heterocycles. The van der Waals surface area contributed by atoms with E-state index < -0.39 is 17.5 Å². The fourth-order valence-electron chi connectivity index (χ4n) is 2.83. The van der Waals surface area contributed by atoms with Crippen molar-refractivity contribution in [3.8, 4) is 11.1 Å². The molecular formula is C19H15NO5. The summed E-state index contributed by atoms with van der Waals surface area (Å²) in [6.07, 6.45) is 0.220. The third-order valence-corrected chi connectivity index (χ3v) is 4.01. The molecule has 2 aromatic carbocycles. The van der Waals surface area contributed by atoms with Crippen LogP contribution in [0.2, 0.25) is 0 Å². The number of Topliss-reactive ketones (excluding diaryl/α,β-unsaturated/α-hetero) is 2. The number of benzene rings is 2. The highest BCUT2D eigenvalue weighted by molar-refractivity contribution is 6.53. The molecule has 25 heavy (non-hydrogen) atoms. The number of aliphatic carboxylic acids is 1. The maximum atomic E-state index is 12.3. The number of nitrogens with one attached hydrogen (secondary N) is 1. The summed E-state index contributed by atoms with van der Waals surface area (Å²) in [5, 5.41) is 11.2. The van der Waals surface area contributed by atoms with E-state index in [9.17, 15) is 19.2 Å². The number of hydrogen-bond donors (Lipinski definition) is 2. The van der Waals surface area contributed by atoms with E-state index in [4.69, 9.17) is 5.11 Å². The SMILES string of the molecule is O=C(O)CCCC(=O)Nc1ccc2c(c1)C(=O)C(=O)c1ccccc1-2. The van der Waals surface area contributed by atoms with Gasteiger partial charge in [0.15, 0.2) is 0 Å². The second-order valence-corrected chi connectivity index (χ2v) is 5.76. The molecule has 0 aliphatic heterocycles. The lowest BCUT2D eigenvalue weighted by Gasteiger charge is -2.18. The van der Waals surface area contributed by atoms with Gasteiger partial charge in [-0.15, -0.1) is 0 Å². The minimum atomic E-state index is -0.954. The number of carboxylic acid groups (broad SMARTS) is 1. The first-order valence-corrected chi connectivity index (χ1v) is 7.81. The summed E-state index contributed by atoms with van der Waals surface area (Å²) in [6.45, 7) is 0. The van der Waals surface area contributed by atoms with Crippen LogP contribution in [0.1, 0.15) is 40.0 Å². The molecule has 0 aromatic heterocycles. The van der Waals surface area contributed by atoms with Gasteiger partial charge in [-0.2, -0.15) is 0 Å². The molecule has 6 heteroatoms. The summed E-state index contributed by atoms with van der Waals surface area (Å²) in [5.74, 6) is -2.45. The van der Waals surface area contributed by atoms with Crippen molar-refractivity contribution in [1.29, 1.82) is 0 Å². The summed E-state index contributed by atoms with van der Waals surface area (Å²) in [4.78, 5) is 46.9. The van der Waals surface area contributed by atoms with E-state index in [2.05, 4.69) is 5.32 Å². The van der Waals surface area contributed by atoms with Crippen LogP contribution in [0.5, 0.6) is 0 Å². The van der Waals surface area contributed by atoms with Crippen LogP contribution < -0.4 is 5.32 Å². The predicted octanol–water partition coefficient (Wildman–Crippen LogP) is 2.93. The van der Waals surface area contributed by atoms with Crippen molar-refractivity contribution in [2.24, 2.45) is 0 Å². The number of rotatable bonds is 5. The number of carboxylic acids is 1. The monoisotopic (exact) mass is 337 g/mol. The Kier molecular flexibility index (Phi) is 4.43. The molecule has 6 nitrogen and oxygen atoms in total. The maximum absolute atomic E-state index is 12.3. The molecule has 0 radical (unpaired) electrons. The van der Waals surface area contributed by atoms with Gasteiger partial charge in [-0.05, 0) is 29.7 Å². The first kappa shape index (κ1) is 16.6. The first-order valence-electron chi connectivity index (χ1n) is 7.81. The normalized spacial score (nSPS) is 12.3. The summed E-state index contributed by atoms with van der Waals surface area (Å²) < 4.78 is 0. The Hall–Kier alpha value is -3.28. The van der Waals surface area contributed by atoms with Crippen LogP contribution in [0.3, 0.4) is 0 Å². The molecule has 0 fully saturated rings. The molecule has 0 unspecified atom stereocenters. The van der Waals surface area contributed by atoms with Gasteiger partial charge >= 0.3 is 5.97 Å². The number of carbonyl (C=O) groups excluding carboxylic acids is 3. The van der Waals surface area contributed by atoms with Gasteiger partial charge < -0.3 is 10.4 Å². The molecular weight excluding hydrogens is 322 g/mol. The van der Waals surface area contributed by atoms with E-state index in [-0.39, 0.29) is 30.7 Å². The molecule has 0 bridgehead atoms. The first-order chi connectivity index (χ1) is 12.0. The summed E-state index contributed by atoms with van der Waals surface area (Å²) >= 11 is 0. The van der Waals surface area contributed by atoms with Crippen molar-refractivity contribution in [1.82, 2.24) is 0 Å². The molecule has 1 aliphatic rings. The molecule has 0 heterocycles. The van der Waals surface area contributed by atoms with Crippen LogP contribution in [-0.4, -0.2) is 28.5 Å². The summed E-state index contributed by atoms with van der Waals surface area (Å²) in [7, 11) is 0. The third kappa shape index (κ3) is 3.33. The smallest absolute Gasteiger partial charge is 0.303 e. The number of anilines is 1. The van der Waals surface area contributed by atoms with Gasteiger partial charge in [0, 0.05) is 29.7 Å². The van der Waals surface area contributed by atoms with Crippen molar-refractivity contribution in [2.75, 3.05) is 5.32 Å². The highest BCUT2D eigenvalue weighted by atomic mass is 16.4. The Bertz CT molecular complexity index is 900. The molecule has 2 N–H and O–H groups in total. The maximum Gasteiger partial charge on any atom is 0.303 e. The lowest BCUT2D eigenvalue weighted by Crippen LogP contribution is -2.21. The van der Waals surface area contributed by atoms with E-state index in [0.717, 1.165) is 0 Å². The molecule has 126 valence electrons. The summed E-state index contributed by atoms with van der Waals surface area (Å²) in [6, 6.07) is 11.8.